The number of hydrogen-bond donors (Lipinski definition) is 0. The predicted octanol–water partition coefficient (Wildman–Crippen LogP) is 2.77. The van der Waals surface area contributed by atoms with Crippen molar-refractivity contribution in [2.24, 2.45) is 5.92 Å². The minimum atomic E-state index is -0.171. The third-order valence-corrected chi connectivity index (χ3v) is 1.61. The third-order valence-electron chi connectivity index (χ3n) is 1.47. The summed E-state index contributed by atoms with van der Waals surface area (Å²) in [6, 6.07) is 0. The van der Waals surface area contributed by atoms with E-state index in [1.54, 1.807) is 0 Å². The summed E-state index contributed by atoms with van der Waals surface area (Å²) in [5, 5.41) is 0. The SMILES string of the molecule is CCOC(OCC)C(C)/C=C/Cl. The molecule has 0 aromatic heterocycles. The lowest BCUT2D eigenvalue weighted by atomic mass is 10.2. The van der Waals surface area contributed by atoms with Gasteiger partial charge in [0.25, 0.3) is 0 Å². The summed E-state index contributed by atoms with van der Waals surface area (Å²) in [6.45, 7) is 7.22. The normalized spacial score (nSPS) is 14.4. The molecule has 0 rings (SSSR count). The van der Waals surface area contributed by atoms with Crippen LogP contribution in [-0.4, -0.2) is 19.5 Å². The zero-order chi connectivity index (χ0) is 9.40. The summed E-state index contributed by atoms with van der Waals surface area (Å²) >= 11 is 5.45. The third kappa shape index (κ3) is 4.75. The number of rotatable bonds is 6. The van der Waals surface area contributed by atoms with Crippen LogP contribution in [0.5, 0.6) is 0 Å². The molecule has 1 unspecified atom stereocenters. The molecule has 0 aromatic carbocycles. The van der Waals surface area contributed by atoms with Gasteiger partial charge in [-0.25, -0.2) is 0 Å². The summed E-state index contributed by atoms with van der Waals surface area (Å²) in [7, 11) is 0. The molecule has 0 aliphatic rings. The first-order valence-electron chi connectivity index (χ1n) is 4.26. The van der Waals surface area contributed by atoms with Gasteiger partial charge in [0.05, 0.1) is 0 Å². The van der Waals surface area contributed by atoms with Crippen molar-refractivity contribution in [3.8, 4) is 0 Å². The molecule has 12 heavy (non-hydrogen) atoms. The lowest BCUT2D eigenvalue weighted by molar-refractivity contribution is -0.154. The molecule has 0 bridgehead atoms. The maximum absolute atomic E-state index is 5.45. The van der Waals surface area contributed by atoms with Crippen LogP contribution in [0.3, 0.4) is 0 Å². The molecule has 0 aliphatic heterocycles. The highest BCUT2D eigenvalue weighted by Gasteiger charge is 2.13. The minimum absolute atomic E-state index is 0.171. The van der Waals surface area contributed by atoms with Gasteiger partial charge in [-0.15, -0.1) is 0 Å². The monoisotopic (exact) mass is 192 g/mol. The van der Waals surface area contributed by atoms with E-state index in [9.17, 15) is 0 Å². The van der Waals surface area contributed by atoms with Crippen molar-refractivity contribution in [2.45, 2.75) is 27.1 Å². The molecule has 0 aliphatic carbocycles. The van der Waals surface area contributed by atoms with E-state index >= 15 is 0 Å². The molecule has 0 spiro atoms. The molecular formula is C9H17ClO2. The largest absolute Gasteiger partial charge is 0.352 e. The molecule has 0 saturated heterocycles. The minimum Gasteiger partial charge on any atom is -0.352 e. The van der Waals surface area contributed by atoms with Gasteiger partial charge in [-0.2, -0.15) is 0 Å². The van der Waals surface area contributed by atoms with Gasteiger partial charge in [0.1, 0.15) is 0 Å². The van der Waals surface area contributed by atoms with Gasteiger partial charge in [-0.3, -0.25) is 0 Å². The molecule has 3 heteroatoms. The van der Waals surface area contributed by atoms with Crippen LogP contribution in [0.15, 0.2) is 11.6 Å². The van der Waals surface area contributed by atoms with Gasteiger partial charge in [0, 0.05) is 24.7 Å². The Bertz CT molecular complexity index is 120. The topological polar surface area (TPSA) is 18.5 Å². The van der Waals surface area contributed by atoms with E-state index in [-0.39, 0.29) is 12.2 Å². The zero-order valence-corrected chi connectivity index (χ0v) is 8.67. The highest BCUT2D eigenvalue weighted by molar-refractivity contribution is 6.25. The van der Waals surface area contributed by atoms with Crippen molar-refractivity contribution in [3.05, 3.63) is 11.6 Å². The predicted molar refractivity (Wildman–Crippen MR) is 51.2 cm³/mol. The van der Waals surface area contributed by atoms with Crippen LogP contribution in [0.4, 0.5) is 0 Å². The Balaban J connectivity index is 3.89. The molecule has 0 radical (unpaired) electrons. The molecule has 0 saturated carbocycles. The summed E-state index contributed by atoms with van der Waals surface area (Å²) in [4.78, 5) is 0. The molecule has 2 nitrogen and oxygen atoms in total. The van der Waals surface area contributed by atoms with Gasteiger partial charge in [0.2, 0.25) is 0 Å². The Morgan fingerprint density at radius 1 is 1.25 bits per heavy atom. The van der Waals surface area contributed by atoms with Crippen LogP contribution in [-0.2, 0) is 9.47 Å². The second kappa shape index (κ2) is 7.59. The summed E-state index contributed by atoms with van der Waals surface area (Å²) < 4.78 is 10.7. The zero-order valence-electron chi connectivity index (χ0n) is 7.92. The van der Waals surface area contributed by atoms with E-state index in [1.165, 1.54) is 5.54 Å². The van der Waals surface area contributed by atoms with Crippen LogP contribution in [0.1, 0.15) is 20.8 Å². The molecule has 0 aromatic rings. The van der Waals surface area contributed by atoms with E-state index < -0.39 is 0 Å². The van der Waals surface area contributed by atoms with Gasteiger partial charge in [0.15, 0.2) is 6.29 Å². The number of halogens is 1. The van der Waals surface area contributed by atoms with E-state index in [4.69, 9.17) is 21.1 Å². The van der Waals surface area contributed by atoms with Crippen LogP contribution in [0.25, 0.3) is 0 Å². The Kier molecular flexibility index (Phi) is 7.56. The van der Waals surface area contributed by atoms with Gasteiger partial charge >= 0.3 is 0 Å². The molecular weight excluding hydrogens is 176 g/mol. The van der Waals surface area contributed by atoms with Crippen molar-refractivity contribution in [1.29, 1.82) is 0 Å². The number of ether oxygens (including phenoxy) is 2. The van der Waals surface area contributed by atoms with Crippen molar-refractivity contribution in [3.63, 3.8) is 0 Å². The fourth-order valence-electron chi connectivity index (χ4n) is 0.886. The average Bonchev–Trinajstić information content (AvgIpc) is 2.04. The van der Waals surface area contributed by atoms with Crippen molar-refractivity contribution in [2.75, 3.05) is 13.2 Å². The molecule has 72 valence electrons. The van der Waals surface area contributed by atoms with Gasteiger partial charge < -0.3 is 9.47 Å². The maximum atomic E-state index is 5.45. The van der Waals surface area contributed by atoms with Crippen LogP contribution in [0, 0.1) is 5.92 Å². The van der Waals surface area contributed by atoms with Crippen LogP contribution >= 0.6 is 11.6 Å². The van der Waals surface area contributed by atoms with Crippen molar-refractivity contribution in [1.82, 2.24) is 0 Å². The quantitative estimate of drug-likeness (QED) is 0.603. The smallest absolute Gasteiger partial charge is 0.163 e. The number of hydrogen-bond acceptors (Lipinski definition) is 2. The fourth-order valence-corrected chi connectivity index (χ4v) is 1.12. The van der Waals surface area contributed by atoms with Crippen molar-refractivity contribution < 1.29 is 9.47 Å². The summed E-state index contributed by atoms with van der Waals surface area (Å²) in [5.74, 6) is 0.197. The first-order chi connectivity index (χ1) is 5.76. The first-order valence-corrected chi connectivity index (χ1v) is 4.69. The lowest BCUT2D eigenvalue weighted by Gasteiger charge is -2.20. The highest BCUT2D eigenvalue weighted by atomic mass is 35.5. The summed E-state index contributed by atoms with van der Waals surface area (Å²) in [6.07, 6.45) is 1.69. The lowest BCUT2D eigenvalue weighted by Crippen LogP contribution is -2.24. The van der Waals surface area contributed by atoms with Crippen molar-refractivity contribution >= 4 is 11.6 Å². The van der Waals surface area contributed by atoms with E-state index in [0.717, 1.165) is 0 Å². The Morgan fingerprint density at radius 3 is 2.08 bits per heavy atom. The van der Waals surface area contributed by atoms with E-state index in [2.05, 4.69) is 0 Å². The van der Waals surface area contributed by atoms with Gasteiger partial charge in [-0.1, -0.05) is 24.6 Å². The molecule has 0 N–H and O–H groups in total. The Labute approximate surface area is 79.5 Å². The fraction of sp³-hybridized carbons (Fsp3) is 0.778. The van der Waals surface area contributed by atoms with Crippen LogP contribution in [0.2, 0.25) is 0 Å². The van der Waals surface area contributed by atoms with E-state index in [0.29, 0.717) is 13.2 Å². The van der Waals surface area contributed by atoms with E-state index in [1.807, 2.05) is 26.8 Å². The molecule has 0 fully saturated rings. The Hall–Kier alpha value is -0.0500. The molecule has 1 atom stereocenters. The Morgan fingerprint density at radius 2 is 1.75 bits per heavy atom. The first kappa shape index (κ1) is 11.9. The van der Waals surface area contributed by atoms with Crippen LogP contribution < -0.4 is 0 Å². The molecule has 0 heterocycles. The average molecular weight is 193 g/mol. The second-order valence-corrected chi connectivity index (χ2v) is 2.71. The summed E-state index contributed by atoms with van der Waals surface area (Å²) in [5.41, 5.74) is 1.50. The molecule has 0 amide bonds. The standard InChI is InChI=1S/C9H17ClO2/c1-4-11-9(12-5-2)8(3)6-7-10/h6-9H,4-5H2,1-3H3/b7-6+. The second-order valence-electron chi connectivity index (χ2n) is 2.46. The van der Waals surface area contributed by atoms with Gasteiger partial charge in [-0.05, 0) is 13.8 Å². The highest BCUT2D eigenvalue weighted by Crippen LogP contribution is 2.11. The maximum Gasteiger partial charge on any atom is 0.163 e.